The molecule has 0 amide bonds. The molecule has 0 aliphatic heterocycles. The van der Waals surface area contributed by atoms with E-state index in [1.54, 1.807) is 0 Å². The second kappa shape index (κ2) is 10.2. The van der Waals surface area contributed by atoms with E-state index in [-0.39, 0.29) is 18.1 Å². The third kappa shape index (κ3) is 8.54. The second-order valence-electron chi connectivity index (χ2n) is 6.40. The molecule has 20 heavy (non-hydrogen) atoms. The van der Waals surface area contributed by atoms with Gasteiger partial charge in [-0.2, -0.15) is 0 Å². The van der Waals surface area contributed by atoms with Gasteiger partial charge in [-0.15, -0.1) is 0 Å². The Balaban J connectivity index is 4.50. The molecule has 0 aliphatic rings. The molecule has 1 unspecified atom stereocenters. The minimum Gasteiger partial charge on any atom is -0.465 e. The molecule has 4 nitrogen and oxygen atoms in total. The molecule has 0 aromatic carbocycles. The molecule has 0 saturated carbocycles. The monoisotopic (exact) mass is 286 g/mol. The molecule has 120 valence electrons. The summed E-state index contributed by atoms with van der Waals surface area (Å²) in [5, 5.41) is 3.31. The van der Waals surface area contributed by atoms with Crippen molar-refractivity contribution in [1.29, 1.82) is 0 Å². The Kier molecular flexibility index (Phi) is 9.86. The van der Waals surface area contributed by atoms with Crippen molar-refractivity contribution < 1.29 is 9.53 Å². The number of carbonyl (C=O) groups is 1. The van der Waals surface area contributed by atoms with Crippen LogP contribution in [0.5, 0.6) is 0 Å². The van der Waals surface area contributed by atoms with E-state index in [0.717, 1.165) is 19.5 Å². The van der Waals surface area contributed by atoms with Crippen molar-refractivity contribution in [2.75, 3.05) is 19.7 Å². The van der Waals surface area contributed by atoms with Gasteiger partial charge in [-0.3, -0.25) is 4.79 Å². The SMILES string of the molecule is CCOC(=O)C(CCN(CC(C)C)C(C)C)NC(C)C. The zero-order valence-corrected chi connectivity index (χ0v) is 14.4. The Morgan fingerprint density at radius 2 is 1.75 bits per heavy atom. The van der Waals surface area contributed by atoms with Crippen molar-refractivity contribution in [3.8, 4) is 0 Å². The quantitative estimate of drug-likeness (QED) is 0.627. The van der Waals surface area contributed by atoms with Crippen molar-refractivity contribution in [3.63, 3.8) is 0 Å². The molecule has 0 saturated heterocycles. The van der Waals surface area contributed by atoms with Gasteiger partial charge in [-0.25, -0.2) is 0 Å². The fourth-order valence-electron chi connectivity index (χ4n) is 2.24. The lowest BCUT2D eigenvalue weighted by Crippen LogP contribution is -2.45. The van der Waals surface area contributed by atoms with Crippen molar-refractivity contribution in [2.45, 2.75) is 73.0 Å². The molecular weight excluding hydrogens is 252 g/mol. The van der Waals surface area contributed by atoms with Gasteiger partial charge >= 0.3 is 5.97 Å². The van der Waals surface area contributed by atoms with Gasteiger partial charge in [-0.1, -0.05) is 27.7 Å². The number of esters is 1. The van der Waals surface area contributed by atoms with Crippen LogP contribution in [0.1, 0.15) is 54.9 Å². The summed E-state index contributed by atoms with van der Waals surface area (Å²) in [6, 6.07) is 0.574. The summed E-state index contributed by atoms with van der Waals surface area (Å²) in [6.45, 7) is 17.2. The van der Waals surface area contributed by atoms with Crippen LogP contribution in [0, 0.1) is 5.92 Å². The minimum absolute atomic E-state index is 0.130. The minimum atomic E-state index is -0.205. The first-order valence-corrected chi connectivity index (χ1v) is 7.94. The first-order valence-electron chi connectivity index (χ1n) is 7.94. The molecular formula is C16H34N2O2. The van der Waals surface area contributed by atoms with Crippen LogP contribution in [0.4, 0.5) is 0 Å². The third-order valence-electron chi connectivity index (χ3n) is 3.14. The molecule has 0 aliphatic carbocycles. The van der Waals surface area contributed by atoms with E-state index in [2.05, 4.69) is 51.8 Å². The summed E-state index contributed by atoms with van der Waals surface area (Å²) in [4.78, 5) is 14.4. The molecule has 0 aromatic heterocycles. The van der Waals surface area contributed by atoms with Crippen LogP contribution in [0.2, 0.25) is 0 Å². The predicted octanol–water partition coefficient (Wildman–Crippen LogP) is 2.67. The largest absolute Gasteiger partial charge is 0.465 e. The maximum Gasteiger partial charge on any atom is 0.323 e. The number of hydrogen-bond acceptors (Lipinski definition) is 4. The fraction of sp³-hybridized carbons (Fsp3) is 0.938. The van der Waals surface area contributed by atoms with Crippen LogP contribution in [0.25, 0.3) is 0 Å². The molecule has 0 radical (unpaired) electrons. The van der Waals surface area contributed by atoms with E-state index in [4.69, 9.17) is 4.74 Å². The van der Waals surface area contributed by atoms with Gasteiger partial charge in [0.1, 0.15) is 6.04 Å². The highest BCUT2D eigenvalue weighted by Crippen LogP contribution is 2.08. The Labute approximate surface area is 125 Å². The Bertz CT molecular complexity index is 265. The number of nitrogens with one attached hydrogen (secondary N) is 1. The van der Waals surface area contributed by atoms with E-state index in [1.807, 2.05) is 6.92 Å². The molecule has 0 spiro atoms. The number of hydrogen-bond donors (Lipinski definition) is 1. The zero-order chi connectivity index (χ0) is 15.7. The number of carbonyl (C=O) groups excluding carboxylic acids is 1. The van der Waals surface area contributed by atoms with E-state index in [0.29, 0.717) is 18.6 Å². The van der Waals surface area contributed by atoms with Crippen molar-refractivity contribution in [2.24, 2.45) is 5.92 Å². The molecule has 0 heterocycles. The predicted molar refractivity (Wildman–Crippen MR) is 84.9 cm³/mol. The van der Waals surface area contributed by atoms with Crippen LogP contribution < -0.4 is 5.32 Å². The van der Waals surface area contributed by atoms with Crippen molar-refractivity contribution in [1.82, 2.24) is 10.2 Å². The summed E-state index contributed by atoms with van der Waals surface area (Å²) in [7, 11) is 0. The topological polar surface area (TPSA) is 41.6 Å². The Morgan fingerprint density at radius 3 is 2.15 bits per heavy atom. The maximum atomic E-state index is 12.0. The second-order valence-corrected chi connectivity index (χ2v) is 6.40. The summed E-state index contributed by atoms with van der Waals surface area (Å²) >= 11 is 0. The lowest BCUT2D eigenvalue weighted by atomic mass is 10.1. The first kappa shape index (κ1) is 19.4. The van der Waals surface area contributed by atoms with Crippen LogP contribution in [0.15, 0.2) is 0 Å². The van der Waals surface area contributed by atoms with Crippen LogP contribution in [-0.2, 0) is 9.53 Å². The first-order chi connectivity index (χ1) is 9.27. The van der Waals surface area contributed by atoms with Gasteiger partial charge in [0, 0.05) is 25.2 Å². The molecule has 0 bridgehead atoms. The van der Waals surface area contributed by atoms with Gasteiger partial charge in [0.25, 0.3) is 0 Å². The van der Waals surface area contributed by atoms with Gasteiger partial charge < -0.3 is 15.0 Å². The number of rotatable bonds is 10. The number of nitrogens with zero attached hydrogens (tertiary/aromatic N) is 1. The summed E-state index contributed by atoms with van der Waals surface area (Å²) in [6.07, 6.45) is 0.794. The van der Waals surface area contributed by atoms with E-state index < -0.39 is 0 Å². The third-order valence-corrected chi connectivity index (χ3v) is 3.14. The normalized spacial score (nSPS) is 13.6. The lowest BCUT2D eigenvalue weighted by molar-refractivity contribution is -0.146. The van der Waals surface area contributed by atoms with Crippen LogP contribution in [-0.4, -0.2) is 48.7 Å². The van der Waals surface area contributed by atoms with Crippen LogP contribution in [0.3, 0.4) is 0 Å². The molecule has 4 heteroatoms. The maximum absolute atomic E-state index is 12.0. The average Bonchev–Trinajstić information content (AvgIpc) is 2.31. The summed E-state index contributed by atoms with van der Waals surface area (Å²) in [5.41, 5.74) is 0. The van der Waals surface area contributed by atoms with E-state index >= 15 is 0 Å². The lowest BCUT2D eigenvalue weighted by Gasteiger charge is -2.30. The highest BCUT2D eigenvalue weighted by atomic mass is 16.5. The van der Waals surface area contributed by atoms with Gasteiger partial charge in [-0.05, 0) is 33.1 Å². The molecule has 0 aromatic rings. The van der Waals surface area contributed by atoms with Gasteiger partial charge in [0.05, 0.1) is 6.61 Å². The highest BCUT2D eigenvalue weighted by Gasteiger charge is 2.22. The van der Waals surface area contributed by atoms with Gasteiger partial charge in [0.2, 0.25) is 0 Å². The van der Waals surface area contributed by atoms with Crippen molar-refractivity contribution in [3.05, 3.63) is 0 Å². The average molecular weight is 286 g/mol. The van der Waals surface area contributed by atoms with E-state index in [1.165, 1.54) is 0 Å². The van der Waals surface area contributed by atoms with E-state index in [9.17, 15) is 4.79 Å². The molecule has 0 fully saturated rings. The molecule has 0 rings (SSSR count). The van der Waals surface area contributed by atoms with Crippen LogP contribution >= 0.6 is 0 Å². The Morgan fingerprint density at radius 1 is 1.15 bits per heavy atom. The standard InChI is InChI=1S/C16H34N2O2/c1-8-20-16(19)15(17-13(4)5)9-10-18(14(6)7)11-12(2)3/h12-15,17H,8-11H2,1-7H3. The van der Waals surface area contributed by atoms with Gasteiger partial charge in [0.15, 0.2) is 0 Å². The highest BCUT2D eigenvalue weighted by molar-refractivity contribution is 5.75. The summed E-state index contributed by atoms with van der Waals surface area (Å²) < 4.78 is 5.16. The van der Waals surface area contributed by atoms with Crippen molar-refractivity contribution >= 4 is 5.97 Å². The Hall–Kier alpha value is -0.610. The summed E-state index contributed by atoms with van der Waals surface area (Å²) in [5.74, 6) is 0.506. The molecule has 1 N–H and O–H groups in total. The molecule has 1 atom stereocenters. The fourth-order valence-corrected chi connectivity index (χ4v) is 2.24. The zero-order valence-electron chi connectivity index (χ0n) is 14.4. The smallest absolute Gasteiger partial charge is 0.323 e. The number of ether oxygens (including phenoxy) is 1.